The number of nitrogens with zero attached hydrogens (tertiary/aromatic N) is 1. The fourth-order valence-corrected chi connectivity index (χ4v) is 2.71. The van der Waals surface area contributed by atoms with Gasteiger partial charge in [-0.05, 0) is 18.5 Å². The molecule has 3 nitrogen and oxygen atoms in total. The lowest BCUT2D eigenvalue weighted by Crippen LogP contribution is -2.52. The molecular formula is C16H17F3N2O. The molecule has 1 atom stereocenters. The van der Waals surface area contributed by atoms with E-state index in [0.717, 1.165) is 5.56 Å². The molecular weight excluding hydrogens is 293 g/mol. The van der Waals surface area contributed by atoms with Gasteiger partial charge in [-0.15, -0.1) is 6.42 Å². The van der Waals surface area contributed by atoms with Crippen molar-refractivity contribution in [3.8, 4) is 12.3 Å². The molecule has 0 spiro atoms. The van der Waals surface area contributed by atoms with Crippen LogP contribution in [0.25, 0.3) is 0 Å². The predicted molar refractivity (Wildman–Crippen MR) is 76.7 cm³/mol. The molecule has 1 aromatic rings. The number of hydrogen-bond donors (Lipinski definition) is 1. The maximum atomic E-state index is 13.5. The number of hydrogen-bond acceptors (Lipinski definition) is 2. The molecule has 118 valence electrons. The highest BCUT2D eigenvalue weighted by molar-refractivity contribution is 5.84. The number of terminal acetylenes is 1. The normalized spacial score (nSPS) is 22.3. The van der Waals surface area contributed by atoms with Gasteiger partial charge in [0.1, 0.15) is 0 Å². The van der Waals surface area contributed by atoms with Gasteiger partial charge in [-0.3, -0.25) is 9.69 Å². The van der Waals surface area contributed by atoms with Crippen LogP contribution in [-0.4, -0.2) is 36.6 Å². The lowest BCUT2D eigenvalue weighted by atomic mass is 9.85. The van der Waals surface area contributed by atoms with Gasteiger partial charge in [-0.25, -0.2) is 0 Å². The number of amides is 1. The summed E-state index contributed by atoms with van der Waals surface area (Å²) in [6.07, 6.45) is 0.150. The third kappa shape index (κ3) is 3.25. The van der Waals surface area contributed by atoms with Crippen molar-refractivity contribution in [3.05, 3.63) is 35.9 Å². The summed E-state index contributed by atoms with van der Waals surface area (Å²) in [5.74, 6) is 1.10. The molecule has 0 aromatic heterocycles. The number of carbonyl (C=O) groups is 1. The lowest BCUT2D eigenvalue weighted by molar-refractivity contribution is -0.217. The van der Waals surface area contributed by atoms with Crippen LogP contribution in [-0.2, 0) is 11.3 Å². The van der Waals surface area contributed by atoms with E-state index in [9.17, 15) is 18.0 Å². The van der Waals surface area contributed by atoms with Crippen LogP contribution in [0.3, 0.4) is 0 Å². The van der Waals surface area contributed by atoms with Gasteiger partial charge in [0.15, 0.2) is 5.41 Å². The van der Waals surface area contributed by atoms with Crippen LogP contribution in [0.4, 0.5) is 13.2 Å². The van der Waals surface area contributed by atoms with Crippen molar-refractivity contribution >= 4 is 5.91 Å². The van der Waals surface area contributed by atoms with Crippen LogP contribution in [0.2, 0.25) is 0 Å². The van der Waals surface area contributed by atoms with Crippen molar-refractivity contribution < 1.29 is 18.0 Å². The van der Waals surface area contributed by atoms with Gasteiger partial charge < -0.3 is 5.32 Å². The maximum Gasteiger partial charge on any atom is 0.404 e. The summed E-state index contributed by atoms with van der Waals surface area (Å²) in [7, 11) is 0. The second kappa shape index (κ2) is 6.41. The van der Waals surface area contributed by atoms with E-state index in [4.69, 9.17) is 6.42 Å². The molecule has 22 heavy (non-hydrogen) atoms. The first-order valence-electron chi connectivity index (χ1n) is 6.94. The molecule has 1 amide bonds. The van der Waals surface area contributed by atoms with E-state index in [1.165, 1.54) is 0 Å². The van der Waals surface area contributed by atoms with Crippen LogP contribution >= 0.6 is 0 Å². The second-order valence-electron chi connectivity index (χ2n) is 5.41. The van der Waals surface area contributed by atoms with E-state index in [1.807, 2.05) is 30.3 Å². The number of halogens is 3. The van der Waals surface area contributed by atoms with Gasteiger partial charge in [0.2, 0.25) is 5.91 Å². The Morgan fingerprint density at radius 1 is 1.36 bits per heavy atom. The Kier molecular flexibility index (Phi) is 4.77. The first-order chi connectivity index (χ1) is 10.4. The van der Waals surface area contributed by atoms with Crippen molar-refractivity contribution in [1.29, 1.82) is 0 Å². The van der Waals surface area contributed by atoms with Gasteiger partial charge in [0.05, 0.1) is 6.54 Å². The minimum Gasteiger partial charge on any atom is -0.344 e. The van der Waals surface area contributed by atoms with E-state index in [2.05, 4.69) is 11.2 Å². The zero-order valence-electron chi connectivity index (χ0n) is 12.0. The molecule has 0 bridgehead atoms. The molecule has 1 aliphatic heterocycles. The van der Waals surface area contributed by atoms with Crippen LogP contribution in [0.5, 0.6) is 0 Å². The Morgan fingerprint density at radius 2 is 2.05 bits per heavy atom. The van der Waals surface area contributed by atoms with E-state index in [-0.39, 0.29) is 26.1 Å². The molecule has 1 aliphatic rings. The molecule has 2 rings (SSSR count). The van der Waals surface area contributed by atoms with Crippen molar-refractivity contribution in [3.63, 3.8) is 0 Å². The van der Waals surface area contributed by atoms with E-state index >= 15 is 0 Å². The van der Waals surface area contributed by atoms with E-state index in [0.29, 0.717) is 6.54 Å². The third-order valence-corrected chi connectivity index (χ3v) is 3.93. The highest BCUT2D eigenvalue weighted by Gasteiger charge is 2.62. The second-order valence-corrected chi connectivity index (χ2v) is 5.41. The van der Waals surface area contributed by atoms with E-state index in [1.54, 1.807) is 4.90 Å². The van der Waals surface area contributed by atoms with Gasteiger partial charge >= 0.3 is 6.18 Å². The average molecular weight is 310 g/mol. The minimum atomic E-state index is -4.60. The highest BCUT2D eigenvalue weighted by Crippen LogP contribution is 2.46. The maximum absolute atomic E-state index is 13.5. The van der Waals surface area contributed by atoms with Crippen molar-refractivity contribution in [1.82, 2.24) is 10.2 Å². The Labute approximate surface area is 127 Å². The number of benzene rings is 1. The predicted octanol–water partition coefficient (Wildman–Crippen LogP) is 2.19. The molecule has 0 saturated carbocycles. The fourth-order valence-electron chi connectivity index (χ4n) is 2.71. The number of alkyl halides is 3. The molecule has 1 heterocycles. The van der Waals surface area contributed by atoms with Crippen molar-refractivity contribution in [2.24, 2.45) is 5.41 Å². The number of rotatable bonds is 4. The van der Waals surface area contributed by atoms with Crippen molar-refractivity contribution in [2.45, 2.75) is 19.1 Å². The summed E-state index contributed by atoms with van der Waals surface area (Å²) in [6.45, 7) is 0.0656. The Morgan fingerprint density at radius 3 is 2.64 bits per heavy atom. The standard InChI is InChI=1S/C16H17F3N2O/c1-2-9-20-14(22)15(16(17,18)19)8-10-21(12-15)11-13-6-4-3-5-7-13/h1,3-7H,8-12H2,(H,20,22). The van der Waals surface area contributed by atoms with Gasteiger partial charge in [-0.1, -0.05) is 36.3 Å². The Hall–Kier alpha value is -2.00. The summed E-state index contributed by atoms with van der Waals surface area (Å²) >= 11 is 0. The SMILES string of the molecule is C#CCNC(=O)C1(C(F)(F)F)CCN(Cc2ccccc2)C1. The van der Waals surface area contributed by atoms with Gasteiger partial charge in [0, 0.05) is 13.1 Å². The molecule has 0 radical (unpaired) electrons. The molecule has 1 aromatic carbocycles. The van der Waals surface area contributed by atoms with Crippen LogP contribution < -0.4 is 5.32 Å². The first kappa shape index (κ1) is 16.4. The molecule has 1 saturated heterocycles. The first-order valence-corrected chi connectivity index (χ1v) is 6.94. The zero-order chi connectivity index (χ0) is 16.2. The van der Waals surface area contributed by atoms with Crippen molar-refractivity contribution in [2.75, 3.05) is 19.6 Å². The summed E-state index contributed by atoms with van der Waals surface area (Å²) in [6, 6.07) is 9.23. The third-order valence-electron chi connectivity index (χ3n) is 3.93. The quantitative estimate of drug-likeness (QED) is 0.865. The monoisotopic (exact) mass is 310 g/mol. The van der Waals surface area contributed by atoms with Gasteiger partial charge in [0.25, 0.3) is 0 Å². The van der Waals surface area contributed by atoms with Gasteiger partial charge in [-0.2, -0.15) is 13.2 Å². The molecule has 0 aliphatic carbocycles. The molecule has 1 fully saturated rings. The molecule has 6 heteroatoms. The molecule has 1 N–H and O–H groups in total. The smallest absolute Gasteiger partial charge is 0.344 e. The topological polar surface area (TPSA) is 32.3 Å². The van der Waals surface area contributed by atoms with Crippen LogP contribution in [0, 0.1) is 17.8 Å². The Balaban J connectivity index is 2.13. The number of nitrogens with one attached hydrogen (secondary N) is 1. The summed E-state index contributed by atoms with van der Waals surface area (Å²) in [4.78, 5) is 13.7. The van der Waals surface area contributed by atoms with Crippen LogP contribution in [0.15, 0.2) is 30.3 Å². The minimum absolute atomic E-state index is 0.199. The summed E-state index contributed by atoms with van der Waals surface area (Å²) in [5.41, 5.74) is -1.46. The average Bonchev–Trinajstić information content (AvgIpc) is 2.91. The summed E-state index contributed by atoms with van der Waals surface area (Å²) in [5, 5.41) is 2.18. The summed E-state index contributed by atoms with van der Waals surface area (Å²) < 4.78 is 40.4. The Bertz CT molecular complexity index is 565. The molecule has 1 unspecified atom stereocenters. The zero-order valence-corrected chi connectivity index (χ0v) is 12.0. The number of likely N-dealkylation sites (tertiary alicyclic amines) is 1. The van der Waals surface area contributed by atoms with Crippen LogP contribution in [0.1, 0.15) is 12.0 Å². The lowest BCUT2D eigenvalue weighted by Gasteiger charge is -2.30. The fraction of sp³-hybridized carbons (Fsp3) is 0.438. The largest absolute Gasteiger partial charge is 0.404 e. The van der Waals surface area contributed by atoms with E-state index < -0.39 is 17.5 Å². The number of carbonyl (C=O) groups excluding carboxylic acids is 1. The highest BCUT2D eigenvalue weighted by atomic mass is 19.4.